The van der Waals surface area contributed by atoms with Gasteiger partial charge < -0.3 is 20.0 Å². The van der Waals surface area contributed by atoms with Crippen molar-refractivity contribution in [3.8, 4) is 0 Å². The van der Waals surface area contributed by atoms with Crippen molar-refractivity contribution >= 4 is 28.8 Å². The lowest BCUT2D eigenvalue weighted by Gasteiger charge is -2.35. The molecule has 1 fully saturated rings. The quantitative estimate of drug-likeness (QED) is 0.496. The Bertz CT molecular complexity index is 1030. The molecular formula is C30H42N4O3S. The minimum absolute atomic E-state index is 0.0457. The van der Waals surface area contributed by atoms with Crippen molar-refractivity contribution in [2.75, 3.05) is 52.1 Å². The summed E-state index contributed by atoms with van der Waals surface area (Å²) in [5.74, 6) is 0.462. The molecule has 1 heterocycles. The molecular weight excluding hydrogens is 496 g/mol. The Morgan fingerprint density at radius 2 is 1.47 bits per heavy atom. The molecule has 0 spiro atoms. The molecule has 1 aliphatic heterocycles. The largest absolute Gasteiger partial charge is 0.338 e. The van der Waals surface area contributed by atoms with E-state index in [1.54, 1.807) is 4.90 Å². The summed E-state index contributed by atoms with van der Waals surface area (Å²) < 4.78 is 0. The second-order valence-electron chi connectivity index (χ2n) is 10.9. The SMILES string of the molecule is CN1CCN(C(=O)C(Cc2ccccc2)NC(=O)N(CCSC(=O)C(C)(C)C)CCc2ccccc2)CC1. The Morgan fingerprint density at radius 1 is 0.895 bits per heavy atom. The smallest absolute Gasteiger partial charge is 0.318 e. The molecule has 0 aliphatic carbocycles. The molecule has 1 saturated heterocycles. The van der Waals surface area contributed by atoms with Gasteiger partial charge in [-0.15, -0.1) is 0 Å². The molecule has 2 aromatic rings. The van der Waals surface area contributed by atoms with Crippen LogP contribution in [0, 0.1) is 5.41 Å². The third-order valence-electron chi connectivity index (χ3n) is 6.70. The number of benzene rings is 2. The minimum Gasteiger partial charge on any atom is -0.338 e. The molecule has 38 heavy (non-hydrogen) atoms. The van der Waals surface area contributed by atoms with Crippen LogP contribution in [-0.4, -0.2) is 89.9 Å². The lowest BCUT2D eigenvalue weighted by Crippen LogP contribution is -2.57. The minimum atomic E-state index is -0.656. The van der Waals surface area contributed by atoms with Crippen molar-refractivity contribution in [1.29, 1.82) is 0 Å². The number of nitrogens with zero attached hydrogens (tertiary/aromatic N) is 3. The third kappa shape index (κ3) is 9.48. The van der Waals surface area contributed by atoms with Gasteiger partial charge in [0.1, 0.15) is 6.04 Å². The van der Waals surface area contributed by atoms with E-state index in [0.29, 0.717) is 44.8 Å². The molecule has 0 aromatic heterocycles. The summed E-state index contributed by atoms with van der Waals surface area (Å²) in [6, 6.07) is 18.9. The highest BCUT2D eigenvalue weighted by Gasteiger charge is 2.30. The maximum Gasteiger partial charge on any atom is 0.318 e. The van der Waals surface area contributed by atoms with Gasteiger partial charge in [0.15, 0.2) is 5.12 Å². The highest BCUT2D eigenvalue weighted by atomic mass is 32.2. The van der Waals surface area contributed by atoms with Crippen molar-refractivity contribution in [3.63, 3.8) is 0 Å². The Morgan fingerprint density at radius 3 is 2.05 bits per heavy atom. The van der Waals surface area contributed by atoms with Gasteiger partial charge in [0.2, 0.25) is 5.91 Å². The maximum atomic E-state index is 13.6. The molecule has 1 aliphatic rings. The van der Waals surface area contributed by atoms with E-state index in [4.69, 9.17) is 0 Å². The summed E-state index contributed by atoms with van der Waals surface area (Å²) in [6.45, 7) is 9.58. The lowest BCUT2D eigenvalue weighted by molar-refractivity contribution is -0.134. The van der Waals surface area contributed by atoms with Crippen LogP contribution in [0.2, 0.25) is 0 Å². The third-order valence-corrected chi connectivity index (χ3v) is 7.96. The Balaban J connectivity index is 1.72. The van der Waals surface area contributed by atoms with Crippen LogP contribution in [0.1, 0.15) is 31.9 Å². The van der Waals surface area contributed by atoms with Gasteiger partial charge in [-0.1, -0.05) is 93.2 Å². The molecule has 0 saturated carbocycles. The summed E-state index contributed by atoms with van der Waals surface area (Å²) in [7, 11) is 2.05. The first-order chi connectivity index (χ1) is 18.1. The van der Waals surface area contributed by atoms with E-state index in [1.807, 2.05) is 86.3 Å². The summed E-state index contributed by atoms with van der Waals surface area (Å²) in [5, 5.41) is 3.17. The highest BCUT2D eigenvalue weighted by Crippen LogP contribution is 2.22. The second-order valence-corrected chi connectivity index (χ2v) is 12.0. The average molecular weight is 539 g/mol. The predicted molar refractivity (Wildman–Crippen MR) is 155 cm³/mol. The van der Waals surface area contributed by atoms with Crippen molar-refractivity contribution in [3.05, 3.63) is 71.8 Å². The van der Waals surface area contributed by atoms with Crippen LogP contribution in [0.25, 0.3) is 0 Å². The van der Waals surface area contributed by atoms with Gasteiger partial charge in [-0.2, -0.15) is 0 Å². The fourth-order valence-corrected chi connectivity index (χ4v) is 5.16. The van der Waals surface area contributed by atoms with Gasteiger partial charge in [-0.3, -0.25) is 9.59 Å². The molecule has 3 amide bonds. The van der Waals surface area contributed by atoms with E-state index in [9.17, 15) is 14.4 Å². The number of hydrogen-bond donors (Lipinski definition) is 1. The zero-order chi connectivity index (χ0) is 27.5. The van der Waals surface area contributed by atoms with E-state index in [1.165, 1.54) is 11.8 Å². The molecule has 1 unspecified atom stereocenters. The number of nitrogens with one attached hydrogen (secondary N) is 1. The summed E-state index contributed by atoms with van der Waals surface area (Å²) in [6.07, 6.45) is 1.13. The van der Waals surface area contributed by atoms with Gasteiger partial charge in [-0.25, -0.2) is 4.79 Å². The fourth-order valence-electron chi connectivity index (χ4n) is 4.23. The van der Waals surface area contributed by atoms with Crippen LogP contribution in [0.3, 0.4) is 0 Å². The molecule has 0 radical (unpaired) electrons. The highest BCUT2D eigenvalue weighted by molar-refractivity contribution is 8.13. The lowest BCUT2D eigenvalue weighted by atomic mass is 10.00. The molecule has 1 atom stereocenters. The van der Waals surface area contributed by atoms with Gasteiger partial charge in [0, 0.05) is 56.9 Å². The Kier molecular flexibility index (Phi) is 11.2. The van der Waals surface area contributed by atoms with E-state index >= 15 is 0 Å². The molecule has 2 aromatic carbocycles. The summed E-state index contributed by atoms with van der Waals surface area (Å²) in [5.41, 5.74) is 1.71. The van der Waals surface area contributed by atoms with Crippen LogP contribution >= 0.6 is 11.8 Å². The zero-order valence-electron chi connectivity index (χ0n) is 23.2. The standard InChI is InChI=1S/C30H42N4O3S/c1-30(2,3)28(36)38-22-21-34(16-15-24-11-7-5-8-12-24)29(37)31-26(23-25-13-9-6-10-14-25)27(35)33-19-17-32(4)18-20-33/h5-14,26H,15-23H2,1-4H3,(H,31,37). The van der Waals surface area contributed by atoms with Crippen molar-refractivity contribution < 1.29 is 14.4 Å². The monoisotopic (exact) mass is 538 g/mol. The van der Waals surface area contributed by atoms with Crippen molar-refractivity contribution in [2.45, 2.75) is 39.7 Å². The first kappa shape index (κ1) is 29.7. The van der Waals surface area contributed by atoms with Gasteiger partial charge in [-0.05, 0) is 24.6 Å². The van der Waals surface area contributed by atoms with Gasteiger partial charge in [0.05, 0.1) is 0 Å². The first-order valence-electron chi connectivity index (χ1n) is 13.4. The number of likely N-dealkylation sites (N-methyl/N-ethyl adjacent to an activating group) is 1. The van der Waals surface area contributed by atoms with Crippen LogP contribution in [0.4, 0.5) is 4.79 Å². The first-order valence-corrected chi connectivity index (χ1v) is 14.4. The molecule has 3 rings (SSSR count). The average Bonchev–Trinajstić information content (AvgIpc) is 2.90. The molecule has 1 N–H and O–H groups in total. The maximum absolute atomic E-state index is 13.6. The normalized spacial score (nSPS) is 15.1. The fraction of sp³-hybridized carbons (Fsp3) is 0.500. The summed E-state index contributed by atoms with van der Waals surface area (Å²) in [4.78, 5) is 45.5. The molecule has 206 valence electrons. The van der Waals surface area contributed by atoms with Crippen molar-refractivity contribution in [2.24, 2.45) is 5.41 Å². The number of thioether (sulfide) groups is 1. The number of hydrogen-bond acceptors (Lipinski definition) is 5. The van der Waals surface area contributed by atoms with Gasteiger partial charge in [0.25, 0.3) is 0 Å². The van der Waals surface area contributed by atoms with E-state index in [-0.39, 0.29) is 17.1 Å². The molecule has 8 heteroatoms. The van der Waals surface area contributed by atoms with E-state index in [2.05, 4.69) is 17.3 Å². The number of amides is 3. The number of carbonyl (C=O) groups excluding carboxylic acids is 3. The van der Waals surface area contributed by atoms with Crippen molar-refractivity contribution in [1.82, 2.24) is 20.0 Å². The number of rotatable bonds is 10. The Labute approximate surface area is 231 Å². The zero-order valence-corrected chi connectivity index (χ0v) is 24.0. The van der Waals surface area contributed by atoms with E-state index in [0.717, 1.165) is 24.2 Å². The molecule has 0 bridgehead atoms. The van der Waals surface area contributed by atoms with Crippen LogP contribution in [0.15, 0.2) is 60.7 Å². The predicted octanol–water partition coefficient (Wildman–Crippen LogP) is 3.93. The van der Waals surface area contributed by atoms with Crippen LogP contribution in [-0.2, 0) is 22.4 Å². The number of urea groups is 1. The second kappa shape index (κ2) is 14.4. The number of carbonyl (C=O) groups is 3. The summed E-state index contributed by atoms with van der Waals surface area (Å²) >= 11 is 1.26. The van der Waals surface area contributed by atoms with Crippen LogP contribution < -0.4 is 5.32 Å². The van der Waals surface area contributed by atoms with Gasteiger partial charge >= 0.3 is 6.03 Å². The van der Waals surface area contributed by atoms with Crippen LogP contribution in [0.5, 0.6) is 0 Å². The van der Waals surface area contributed by atoms with E-state index < -0.39 is 11.5 Å². The number of piperazine rings is 1. The Hall–Kier alpha value is -2.84. The topological polar surface area (TPSA) is 73.0 Å². The molecule has 7 nitrogen and oxygen atoms in total.